The van der Waals surface area contributed by atoms with Crippen LogP contribution < -0.4 is 19.5 Å². The fourth-order valence-electron chi connectivity index (χ4n) is 5.01. The molecule has 2 aromatic carbocycles. The van der Waals surface area contributed by atoms with Gasteiger partial charge < -0.3 is 19.4 Å². The Kier molecular flexibility index (Phi) is 8.06. The predicted molar refractivity (Wildman–Crippen MR) is 165 cm³/mol. The molecule has 11 nitrogen and oxygen atoms in total. The first-order valence-electron chi connectivity index (χ1n) is 14.0. The Morgan fingerprint density at radius 3 is 2.50 bits per heavy atom. The van der Waals surface area contributed by atoms with Gasteiger partial charge in [-0.2, -0.15) is 0 Å². The summed E-state index contributed by atoms with van der Waals surface area (Å²) in [6, 6.07) is 17.3. The van der Waals surface area contributed by atoms with Gasteiger partial charge in [0.1, 0.15) is 12.4 Å². The number of aromatic nitrogens is 4. The molecule has 44 heavy (non-hydrogen) atoms. The molecule has 0 amide bonds. The molecule has 1 aliphatic rings. The van der Waals surface area contributed by atoms with Crippen molar-refractivity contribution in [2.24, 2.45) is 0 Å². The minimum atomic E-state index is -3.72. The molecule has 0 aliphatic carbocycles. The van der Waals surface area contributed by atoms with Crippen molar-refractivity contribution in [3.8, 4) is 17.3 Å². The van der Waals surface area contributed by atoms with Gasteiger partial charge in [0.2, 0.25) is 15.8 Å². The monoisotopic (exact) mass is 618 g/mol. The van der Waals surface area contributed by atoms with Crippen LogP contribution in [0.15, 0.2) is 77.9 Å². The Bertz CT molecular complexity index is 1960. The van der Waals surface area contributed by atoms with Gasteiger partial charge in [0.25, 0.3) is 0 Å². The average molecular weight is 619 g/mol. The quantitative estimate of drug-likeness (QED) is 0.266. The van der Waals surface area contributed by atoms with Crippen molar-refractivity contribution in [1.29, 1.82) is 0 Å². The Balaban J connectivity index is 1.52. The highest BCUT2D eigenvalue weighted by Crippen LogP contribution is 2.32. The summed E-state index contributed by atoms with van der Waals surface area (Å²) in [6.45, 7) is 2.26. The van der Waals surface area contributed by atoms with Crippen LogP contribution in [0.4, 0.5) is 15.8 Å². The molecule has 0 unspecified atom stereocenters. The number of imidazole rings is 1. The smallest absolute Gasteiger partial charge is 0.301 e. The minimum Gasteiger partial charge on any atom is -0.481 e. The van der Waals surface area contributed by atoms with Crippen LogP contribution in [0.2, 0.25) is 0 Å². The van der Waals surface area contributed by atoms with Crippen LogP contribution in [0.25, 0.3) is 17.2 Å². The molecule has 0 radical (unpaired) electrons. The number of halogens is 1. The van der Waals surface area contributed by atoms with Crippen molar-refractivity contribution >= 4 is 27.0 Å². The van der Waals surface area contributed by atoms with Gasteiger partial charge >= 0.3 is 5.56 Å². The summed E-state index contributed by atoms with van der Waals surface area (Å²) < 4.78 is 53.0. The second-order valence-corrected chi connectivity index (χ2v) is 12.6. The van der Waals surface area contributed by atoms with E-state index in [-0.39, 0.29) is 41.0 Å². The average Bonchev–Trinajstić information content (AvgIpc) is 3.49. The Morgan fingerprint density at radius 2 is 1.80 bits per heavy atom. The third kappa shape index (κ3) is 6.15. The maximum absolute atomic E-state index is 14.2. The van der Waals surface area contributed by atoms with Gasteiger partial charge in [-0.05, 0) is 29.3 Å². The number of nitrogens with zero attached hydrogens (tertiary/aromatic N) is 5. The second-order valence-electron chi connectivity index (χ2n) is 10.5. The van der Waals surface area contributed by atoms with E-state index in [0.29, 0.717) is 44.1 Å². The van der Waals surface area contributed by atoms with E-state index in [1.807, 2.05) is 35.2 Å². The van der Waals surface area contributed by atoms with Gasteiger partial charge in [0.05, 0.1) is 30.8 Å². The molecule has 1 saturated heterocycles. The lowest BCUT2D eigenvalue weighted by molar-refractivity contribution is 0.122. The van der Waals surface area contributed by atoms with Crippen molar-refractivity contribution in [3.05, 3.63) is 106 Å². The molecular weight excluding hydrogens is 587 g/mol. The van der Waals surface area contributed by atoms with Gasteiger partial charge in [0.15, 0.2) is 17.2 Å². The SMILES string of the molecule is CN(c1cc(N2CCOCC2)cn2c(=O)c(OCc3ccccc3)c(-c3ncc(Cc4ccc(F)cc4)[nH]3)nc12)S(C)(=O)=O. The van der Waals surface area contributed by atoms with E-state index in [2.05, 4.69) is 9.97 Å². The first-order valence-corrected chi connectivity index (χ1v) is 15.8. The van der Waals surface area contributed by atoms with Crippen molar-refractivity contribution in [2.75, 3.05) is 48.8 Å². The zero-order valence-corrected chi connectivity index (χ0v) is 25.1. The van der Waals surface area contributed by atoms with Crippen molar-refractivity contribution in [3.63, 3.8) is 0 Å². The molecule has 1 aliphatic heterocycles. The van der Waals surface area contributed by atoms with Crippen LogP contribution in [-0.2, 0) is 27.8 Å². The highest BCUT2D eigenvalue weighted by atomic mass is 32.2. The molecule has 0 spiro atoms. The van der Waals surface area contributed by atoms with Crippen LogP contribution >= 0.6 is 0 Å². The standard InChI is InChI=1S/C31H31FN6O5S/c1-36(44(2,40)41)26-17-25(37-12-14-42-15-13-37)19-38-30(26)35-27(28(31(38)39)43-20-22-6-4-3-5-7-22)29-33-18-24(34-29)16-21-8-10-23(32)11-9-21/h3-11,17-19H,12-16,20H2,1-2H3,(H,33,34). The lowest BCUT2D eigenvalue weighted by Crippen LogP contribution is -2.37. The van der Waals surface area contributed by atoms with Gasteiger partial charge in [-0.3, -0.25) is 13.5 Å². The number of morpholine rings is 1. The summed E-state index contributed by atoms with van der Waals surface area (Å²) in [6.07, 6.45) is 4.80. The predicted octanol–water partition coefficient (Wildman–Crippen LogP) is 3.63. The van der Waals surface area contributed by atoms with Crippen LogP contribution in [0.1, 0.15) is 16.8 Å². The number of nitrogens with one attached hydrogen (secondary N) is 1. The Hall–Kier alpha value is -4.75. The van der Waals surface area contributed by atoms with E-state index < -0.39 is 15.6 Å². The van der Waals surface area contributed by atoms with Crippen molar-refractivity contribution in [2.45, 2.75) is 13.0 Å². The molecule has 5 aromatic rings. The summed E-state index contributed by atoms with van der Waals surface area (Å²) >= 11 is 0. The van der Waals surface area contributed by atoms with Crippen LogP contribution in [0.3, 0.4) is 0 Å². The van der Waals surface area contributed by atoms with E-state index in [1.165, 1.54) is 23.6 Å². The number of ether oxygens (including phenoxy) is 2. The van der Waals surface area contributed by atoms with E-state index in [1.54, 1.807) is 30.6 Å². The summed E-state index contributed by atoms with van der Waals surface area (Å²) in [5.74, 6) is -0.0946. The number of rotatable bonds is 9. The van der Waals surface area contributed by atoms with Gasteiger partial charge in [0, 0.05) is 44.6 Å². The number of fused-ring (bicyclic) bond motifs is 1. The third-order valence-corrected chi connectivity index (χ3v) is 8.64. The number of aromatic amines is 1. The molecule has 0 saturated carbocycles. The fraction of sp³-hybridized carbons (Fsp3) is 0.258. The van der Waals surface area contributed by atoms with E-state index in [0.717, 1.165) is 21.7 Å². The maximum Gasteiger partial charge on any atom is 0.301 e. The van der Waals surface area contributed by atoms with E-state index in [4.69, 9.17) is 14.5 Å². The number of H-pyrrole nitrogens is 1. The maximum atomic E-state index is 14.2. The van der Waals surface area contributed by atoms with Gasteiger partial charge in [-0.25, -0.2) is 22.8 Å². The number of anilines is 2. The lowest BCUT2D eigenvalue weighted by Gasteiger charge is -2.30. The Labute approximate surface area is 253 Å². The first kappa shape index (κ1) is 29.3. The number of hydrogen-bond acceptors (Lipinski definition) is 8. The molecule has 13 heteroatoms. The second kappa shape index (κ2) is 12.1. The van der Waals surface area contributed by atoms with Crippen molar-refractivity contribution in [1.82, 2.24) is 19.4 Å². The Morgan fingerprint density at radius 1 is 1.07 bits per heavy atom. The normalized spacial score (nSPS) is 13.8. The van der Waals surface area contributed by atoms with Crippen LogP contribution in [0.5, 0.6) is 5.75 Å². The minimum absolute atomic E-state index is 0.0406. The molecule has 0 atom stereocenters. The zero-order chi connectivity index (χ0) is 30.8. The highest BCUT2D eigenvalue weighted by Gasteiger charge is 2.25. The molecule has 4 heterocycles. The number of benzene rings is 2. The molecule has 1 fully saturated rings. The lowest BCUT2D eigenvalue weighted by atomic mass is 10.1. The third-order valence-electron chi connectivity index (χ3n) is 7.45. The largest absolute Gasteiger partial charge is 0.481 e. The topological polar surface area (TPSA) is 122 Å². The zero-order valence-electron chi connectivity index (χ0n) is 24.2. The number of pyridine rings is 1. The summed E-state index contributed by atoms with van der Waals surface area (Å²) in [7, 11) is -2.30. The number of sulfonamides is 1. The first-order chi connectivity index (χ1) is 21.2. The summed E-state index contributed by atoms with van der Waals surface area (Å²) in [5.41, 5.74) is 3.03. The molecule has 3 aromatic heterocycles. The van der Waals surface area contributed by atoms with E-state index in [9.17, 15) is 17.6 Å². The summed E-state index contributed by atoms with van der Waals surface area (Å²) in [4.78, 5) is 28.8. The molecular formula is C31H31FN6O5S. The van der Waals surface area contributed by atoms with Crippen LogP contribution in [0, 0.1) is 5.82 Å². The van der Waals surface area contributed by atoms with Crippen molar-refractivity contribution < 1.29 is 22.3 Å². The molecule has 0 bridgehead atoms. The van der Waals surface area contributed by atoms with Gasteiger partial charge in [-0.15, -0.1) is 0 Å². The van der Waals surface area contributed by atoms with E-state index >= 15 is 0 Å². The fourth-order valence-corrected chi connectivity index (χ4v) is 5.50. The van der Waals surface area contributed by atoms with Crippen LogP contribution in [-0.4, -0.2) is 67.4 Å². The summed E-state index contributed by atoms with van der Waals surface area (Å²) in [5, 5.41) is 0. The highest BCUT2D eigenvalue weighted by molar-refractivity contribution is 7.92. The van der Waals surface area contributed by atoms with Gasteiger partial charge in [-0.1, -0.05) is 42.5 Å². The number of hydrogen-bond donors (Lipinski definition) is 1. The molecule has 6 rings (SSSR count). The molecule has 228 valence electrons. The molecule has 1 N–H and O–H groups in total.